The highest BCUT2D eigenvalue weighted by molar-refractivity contribution is 5.94. The van der Waals surface area contributed by atoms with E-state index >= 15 is 0 Å². The van der Waals surface area contributed by atoms with Crippen molar-refractivity contribution in [3.8, 4) is 0 Å². The summed E-state index contributed by atoms with van der Waals surface area (Å²) in [6.07, 6.45) is 1.97. The summed E-state index contributed by atoms with van der Waals surface area (Å²) in [6, 6.07) is 12.5. The monoisotopic (exact) mass is 493 g/mol. The Labute approximate surface area is 208 Å². The maximum absolute atomic E-state index is 13.0. The van der Waals surface area contributed by atoms with Crippen LogP contribution < -0.4 is 21.7 Å². The van der Waals surface area contributed by atoms with Crippen molar-refractivity contribution in [1.82, 2.24) is 20.9 Å². The first kappa shape index (κ1) is 26.4. The van der Waals surface area contributed by atoms with Crippen LogP contribution in [-0.2, 0) is 32.0 Å². The van der Waals surface area contributed by atoms with Crippen LogP contribution in [0.2, 0.25) is 0 Å². The third kappa shape index (κ3) is 6.92. The number of nitrogens with one attached hydrogen (secondary N) is 4. The van der Waals surface area contributed by atoms with Gasteiger partial charge in [0, 0.05) is 29.9 Å². The van der Waals surface area contributed by atoms with Gasteiger partial charge in [-0.05, 0) is 31.0 Å². The molecule has 0 spiro atoms. The summed E-state index contributed by atoms with van der Waals surface area (Å²) in [5, 5.41) is 18.2. The molecular formula is C26H31N5O5. The average Bonchev–Trinajstić information content (AvgIpc) is 3.26. The molecule has 0 aliphatic carbocycles. The second-order valence-corrected chi connectivity index (χ2v) is 8.73. The van der Waals surface area contributed by atoms with E-state index in [1.165, 1.54) is 13.8 Å². The number of amides is 3. The predicted molar refractivity (Wildman–Crippen MR) is 135 cm³/mol. The summed E-state index contributed by atoms with van der Waals surface area (Å²) >= 11 is 0. The minimum Gasteiger partial charge on any atom is -0.480 e. The number of carbonyl (C=O) groups excluding carboxylic acids is 3. The number of aliphatic carboxylic acids is 1. The van der Waals surface area contributed by atoms with Gasteiger partial charge in [0.05, 0.1) is 6.04 Å². The summed E-state index contributed by atoms with van der Waals surface area (Å²) < 4.78 is 0. The van der Waals surface area contributed by atoms with Gasteiger partial charge >= 0.3 is 5.97 Å². The molecule has 0 fully saturated rings. The van der Waals surface area contributed by atoms with Crippen molar-refractivity contribution in [3.05, 3.63) is 71.9 Å². The number of nitrogens with two attached hydrogens (primary N) is 1. The average molecular weight is 494 g/mol. The molecule has 190 valence electrons. The van der Waals surface area contributed by atoms with Crippen LogP contribution in [0, 0.1) is 0 Å². The van der Waals surface area contributed by atoms with Gasteiger partial charge in [-0.3, -0.25) is 14.4 Å². The van der Waals surface area contributed by atoms with Crippen LogP contribution in [0.25, 0.3) is 10.9 Å². The van der Waals surface area contributed by atoms with Crippen molar-refractivity contribution >= 4 is 34.6 Å². The van der Waals surface area contributed by atoms with E-state index in [2.05, 4.69) is 20.9 Å². The number of rotatable bonds is 11. The van der Waals surface area contributed by atoms with Crippen LogP contribution in [0.4, 0.5) is 0 Å². The summed E-state index contributed by atoms with van der Waals surface area (Å²) in [4.78, 5) is 52.9. The standard InChI is InChI=1S/C26H31N5O5/c1-15(27)23(32)30-21(12-17-8-4-3-5-9-17)25(34)29-16(2)24(33)31-22(26(35)36)13-18-14-28-20-11-7-6-10-19(18)20/h3-11,14-16,21-22,28H,12-13,27H2,1-2H3,(H,29,34)(H,30,32)(H,31,33)(H,35,36). The molecule has 1 heterocycles. The van der Waals surface area contributed by atoms with E-state index in [0.29, 0.717) is 0 Å². The van der Waals surface area contributed by atoms with Crippen LogP contribution in [-0.4, -0.2) is 57.9 Å². The number of carbonyl (C=O) groups is 4. The van der Waals surface area contributed by atoms with Crippen LogP contribution in [0.1, 0.15) is 25.0 Å². The van der Waals surface area contributed by atoms with E-state index in [-0.39, 0.29) is 12.8 Å². The van der Waals surface area contributed by atoms with Crippen molar-refractivity contribution in [3.63, 3.8) is 0 Å². The molecule has 1 aromatic heterocycles. The molecule has 4 unspecified atom stereocenters. The maximum atomic E-state index is 13.0. The molecule has 3 rings (SSSR count). The highest BCUT2D eigenvalue weighted by Gasteiger charge is 2.28. The number of fused-ring (bicyclic) bond motifs is 1. The van der Waals surface area contributed by atoms with E-state index in [1.807, 2.05) is 54.6 Å². The predicted octanol–water partition coefficient (Wildman–Crippen LogP) is 0.859. The summed E-state index contributed by atoms with van der Waals surface area (Å²) in [5.74, 6) is -2.95. The van der Waals surface area contributed by atoms with E-state index in [1.54, 1.807) is 6.20 Å². The fourth-order valence-electron chi connectivity index (χ4n) is 3.76. The molecule has 36 heavy (non-hydrogen) atoms. The molecule has 0 aliphatic rings. The Morgan fingerprint density at radius 1 is 0.833 bits per heavy atom. The van der Waals surface area contributed by atoms with Gasteiger partial charge in [-0.1, -0.05) is 48.5 Å². The summed E-state index contributed by atoms with van der Waals surface area (Å²) in [5.41, 5.74) is 8.05. The van der Waals surface area contributed by atoms with E-state index in [0.717, 1.165) is 22.0 Å². The van der Waals surface area contributed by atoms with Crippen LogP contribution in [0.5, 0.6) is 0 Å². The molecule has 0 saturated heterocycles. The number of carboxylic acids is 1. The first-order valence-electron chi connectivity index (χ1n) is 11.6. The lowest BCUT2D eigenvalue weighted by atomic mass is 10.0. The molecule has 7 N–H and O–H groups in total. The van der Waals surface area contributed by atoms with Gasteiger partial charge in [-0.2, -0.15) is 0 Å². The van der Waals surface area contributed by atoms with Gasteiger partial charge in [0.15, 0.2) is 0 Å². The molecule has 0 saturated carbocycles. The SMILES string of the molecule is CC(N)C(=O)NC(Cc1ccccc1)C(=O)NC(C)C(=O)NC(Cc1c[nH]c2ccccc12)C(=O)O. The molecular weight excluding hydrogens is 462 g/mol. The third-order valence-corrected chi connectivity index (χ3v) is 5.79. The number of hydrogen-bond donors (Lipinski definition) is 6. The normalized spacial score (nSPS) is 14.3. The Hall–Kier alpha value is -4.18. The fraction of sp³-hybridized carbons (Fsp3) is 0.308. The van der Waals surface area contributed by atoms with Crippen molar-refractivity contribution < 1.29 is 24.3 Å². The second kappa shape index (κ2) is 12.0. The zero-order valence-electron chi connectivity index (χ0n) is 20.2. The lowest BCUT2D eigenvalue weighted by Gasteiger charge is -2.23. The molecule has 0 bridgehead atoms. The van der Waals surface area contributed by atoms with Crippen LogP contribution in [0.15, 0.2) is 60.8 Å². The van der Waals surface area contributed by atoms with E-state index in [4.69, 9.17) is 5.73 Å². The third-order valence-electron chi connectivity index (χ3n) is 5.79. The van der Waals surface area contributed by atoms with Crippen molar-refractivity contribution in [2.24, 2.45) is 5.73 Å². The highest BCUT2D eigenvalue weighted by Crippen LogP contribution is 2.19. The second-order valence-electron chi connectivity index (χ2n) is 8.73. The topological polar surface area (TPSA) is 166 Å². The molecule has 10 nitrogen and oxygen atoms in total. The number of aromatic amines is 1. The van der Waals surface area contributed by atoms with Crippen LogP contribution >= 0.6 is 0 Å². The summed E-state index contributed by atoms with van der Waals surface area (Å²) in [6.45, 7) is 2.95. The first-order valence-corrected chi connectivity index (χ1v) is 11.6. The van der Waals surface area contributed by atoms with Gasteiger partial charge in [0.2, 0.25) is 17.7 Å². The Morgan fingerprint density at radius 2 is 1.47 bits per heavy atom. The molecule has 4 atom stereocenters. The van der Waals surface area contributed by atoms with Gasteiger partial charge in [0.1, 0.15) is 18.1 Å². The van der Waals surface area contributed by atoms with Gasteiger partial charge < -0.3 is 31.8 Å². The smallest absolute Gasteiger partial charge is 0.326 e. The Morgan fingerprint density at radius 3 is 2.14 bits per heavy atom. The Bertz CT molecular complexity index is 1220. The number of carboxylic acid groups (broad SMARTS) is 1. The highest BCUT2D eigenvalue weighted by atomic mass is 16.4. The summed E-state index contributed by atoms with van der Waals surface area (Å²) in [7, 11) is 0. The molecule has 10 heteroatoms. The minimum atomic E-state index is -1.20. The quantitative estimate of drug-likeness (QED) is 0.232. The van der Waals surface area contributed by atoms with Gasteiger partial charge in [-0.25, -0.2) is 4.79 Å². The number of aromatic nitrogens is 1. The lowest BCUT2D eigenvalue weighted by molar-refractivity contribution is -0.142. The Kier molecular flexibility index (Phi) is 8.80. The molecule has 3 amide bonds. The number of para-hydroxylation sites is 1. The zero-order chi connectivity index (χ0) is 26.2. The van der Waals surface area contributed by atoms with Gasteiger partial charge in [-0.15, -0.1) is 0 Å². The van der Waals surface area contributed by atoms with Crippen molar-refractivity contribution in [2.45, 2.75) is 50.9 Å². The minimum absolute atomic E-state index is 0.0623. The van der Waals surface area contributed by atoms with E-state index in [9.17, 15) is 24.3 Å². The largest absolute Gasteiger partial charge is 0.480 e. The molecule has 0 aliphatic heterocycles. The molecule has 0 radical (unpaired) electrons. The number of hydrogen-bond acceptors (Lipinski definition) is 5. The van der Waals surface area contributed by atoms with Gasteiger partial charge in [0.25, 0.3) is 0 Å². The zero-order valence-corrected chi connectivity index (χ0v) is 20.2. The molecule has 3 aromatic rings. The van der Waals surface area contributed by atoms with E-state index < -0.39 is 47.9 Å². The number of H-pyrrole nitrogens is 1. The maximum Gasteiger partial charge on any atom is 0.326 e. The Balaban J connectivity index is 1.66. The first-order chi connectivity index (χ1) is 17.2. The fourth-order valence-corrected chi connectivity index (χ4v) is 3.76. The lowest BCUT2D eigenvalue weighted by Crippen LogP contribution is -2.56. The van der Waals surface area contributed by atoms with Crippen molar-refractivity contribution in [1.29, 1.82) is 0 Å². The molecule has 2 aromatic carbocycles. The number of benzene rings is 2. The van der Waals surface area contributed by atoms with Crippen LogP contribution in [0.3, 0.4) is 0 Å². The van der Waals surface area contributed by atoms with Crippen molar-refractivity contribution in [2.75, 3.05) is 0 Å².